The van der Waals surface area contributed by atoms with Gasteiger partial charge in [-0.05, 0) is 45.2 Å². The maximum Gasteiger partial charge on any atom is 0.191 e. The van der Waals surface area contributed by atoms with Gasteiger partial charge in [-0.25, -0.2) is 0 Å². The topological polar surface area (TPSA) is 61.4 Å². The van der Waals surface area contributed by atoms with E-state index in [0.717, 1.165) is 70.7 Å². The van der Waals surface area contributed by atoms with Gasteiger partial charge in [0, 0.05) is 44.8 Å². The number of hydrogen-bond acceptors (Lipinski definition) is 5. The molecular weight excluding hydrogens is 378 g/mol. The highest BCUT2D eigenvalue weighted by Gasteiger charge is 2.28. The summed E-state index contributed by atoms with van der Waals surface area (Å²) in [5.41, 5.74) is 1.22. The number of benzene rings is 1. The number of anilines is 1. The predicted octanol–water partition coefficient (Wildman–Crippen LogP) is 2.19. The van der Waals surface area contributed by atoms with Gasteiger partial charge in [-0.3, -0.25) is 9.89 Å². The van der Waals surface area contributed by atoms with Crippen LogP contribution in [-0.4, -0.2) is 82.5 Å². The second kappa shape index (κ2) is 10.9. The van der Waals surface area contributed by atoms with Gasteiger partial charge in [0.25, 0.3) is 0 Å². The van der Waals surface area contributed by atoms with E-state index in [4.69, 9.17) is 14.5 Å². The fourth-order valence-electron chi connectivity index (χ4n) is 4.23. The average Bonchev–Trinajstić information content (AvgIpc) is 3.25. The standard InChI is InChI=1S/C23H39N5O2/c1-5-24-22(26-18-23(2,3)28-12-14-30-15-13-28)25-16-19-10-11-27(17-19)20-8-6-7-9-21(20)29-4/h6-9,19H,5,10-18H2,1-4H3,(H2,24,25,26). The van der Waals surface area contributed by atoms with Crippen molar-refractivity contribution >= 4 is 11.6 Å². The van der Waals surface area contributed by atoms with Crippen LogP contribution in [0.3, 0.4) is 0 Å². The highest BCUT2D eigenvalue weighted by molar-refractivity contribution is 5.79. The SMILES string of the molecule is CCNC(=NCC(C)(C)N1CCOCC1)NCC1CCN(c2ccccc2OC)C1. The van der Waals surface area contributed by atoms with Crippen LogP contribution in [0, 0.1) is 5.92 Å². The van der Waals surface area contributed by atoms with Crippen LogP contribution in [0.2, 0.25) is 0 Å². The van der Waals surface area contributed by atoms with E-state index in [1.165, 1.54) is 12.1 Å². The highest BCUT2D eigenvalue weighted by Crippen LogP contribution is 2.31. The summed E-state index contributed by atoms with van der Waals surface area (Å²) in [5.74, 6) is 2.45. The fourth-order valence-corrected chi connectivity index (χ4v) is 4.23. The minimum atomic E-state index is 0.0279. The molecule has 2 aliphatic rings. The maximum absolute atomic E-state index is 5.54. The summed E-state index contributed by atoms with van der Waals surface area (Å²) in [5, 5.41) is 6.98. The van der Waals surface area contributed by atoms with Gasteiger partial charge in [0.05, 0.1) is 32.6 Å². The summed E-state index contributed by atoms with van der Waals surface area (Å²) in [6.45, 7) is 14.9. The number of morpholine rings is 1. The van der Waals surface area contributed by atoms with Gasteiger partial charge in [-0.2, -0.15) is 0 Å². The van der Waals surface area contributed by atoms with Crippen LogP contribution >= 0.6 is 0 Å². The number of guanidine groups is 1. The molecule has 1 atom stereocenters. The molecular formula is C23H39N5O2. The Balaban J connectivity index is 1.52. The Labute approximate surface area is 181 Å². The van der Waals surface area contributed by atoms with Crippen molar-refractivity contribution in [3.05, 3.63) is 24.3 Å². The minimum absolute atomic E-state index is 0.0279. The Bertz CT molecular complexity index is 688. The first kappa shape index (κ1) is 22.7. The molecule has 0 saturated carbocycles. The number of ether oxygens (including phenoxy) is 2. The molecule has 0 amide bonds. The molecule has 0 aliphatic carbocycles. The third-order valence-corrected chi connectivity index (χ3v) is 6.11. The first-order chi connectivity index (χ1) is 14.5. The van der Waals surface area contributed by atoms with Gasteiger partial charge in [-0.15, -0.1) is 0 Å². The van der Waals surface area contributed by atoms with E-state index in [-0.39, 0.29) is 5.54 Å². The van der Waals surface area contributed by atoms with Crippen LogP contribution in [0.1, 0.15) is 27.2 Å². The number of methoxy groups -OCH3 is 1. The van der Waals surface area contributed by atoms with Gasteiger partial charge >= 0.3 is 0 Å². The van der Waals surface area contributed by atoms with E-state index < -0.39 is 0 Å². The normalized spacial score (nSPS) is 21.0. The molecule has 1 aromatic rings. The Morgan fingerprint density at radius 2 is 1.97 bits per heavy atom. The van der Waals surface area contributed by atoms with Crippen LogP contribution in [0.15, 0.2) is 29.3 Å². The Morgan fingerprint density at radius 1 is 1.20 bits per heavy atom. The lowest BCUT2D eigenvalue weighted by atomic mass is 10.0. The summed E-state index contributed by atoms with van der Waals surface area (Å²) in [7, 11) is 1.74. The van der Waals surface area contributed by atoms with Gasteiger partial charge in [0.1, 0.15) is 5.75 Å². The molecule has 2 saturated heterocycles. The number of para-hydroxylation sites is 2. The molecule has 0 aromatic heterocycles. The van der Waals surface area contributed by atoms with Crippen LogP contribution in [0.25, 0.3) is 0 Å². The van der Waals surface area contributed by atoms with Crippen molar-refractivity contribution < 1.29 is 9.47 Å². The Morgan fingerprint density at radius 3 is 2.70 bits per heavy atom. The zero-order valence-corrected chi connectivity index (χ0v) is 19.1. The van der Waals surface area contributed by atoms with Gasteiger partial charge < -0.3 is 25.0 Å². The molecule has 3 rings (SSSR count). The van der Waals surface area contributed by atoms with Crippen LogP contribution in [0.5, 0.6) is 5.75 Å². The van der Waals surface area contributed by atoms with E-state index in [1.807, 2.05) is 12.1 Å². The lowest BCUT2D eigenvalue weighted by molar-refractivity contribution is -0.00683. The second-order valence-corrected chi connectivity index (χ2v) is 8.76. The van der Waals surface area contributed by atoms with E-state index in [9.17, 15) is 0 Å². The van der Waals surface area contributed by atoms with Crippen molar-refractivity contribution in [2.24, 2.45) is 10.9 Å². The summed E-state index contributed by atoms with van der Waals surface area (Å²) < 4.78 is 11.0. The molecule has 2 N–H and O–H groups in total. The molecule has 0 spiro atoms. The van der Waals surface area contributed by atoms with E-state index in [1.54, 1.807) is 7.11 Å². The van der Waals surface area contributed by atoms with Gasteiger partial charge in [-0.1, -0.05) is 12.1 Å². The van der Waals surface area contributed by atoms with E-state index >= 15 is 0 Å². The molecule has 1 aromatic carbocycles. The summed E-state index contributed by atoms with van der Waals surface area (Å²) in [6, 6.07) is 8.28. The number of hydrogen-bond donors (Lipinski definition) is 2. The zero-order chi connectivity index (χ0) is 21.4. The molecule has 168 valence electrons. The van der Waals surface area contributed by atoms with Crippen molar-refractivity contribution in [3.63, 3.8) is 0 Å². The monoisotopic (exact) mass is 417 g/mol. The van der Waals surface area contributed by atoms with Gasteiger partial charge in [0.15, 0.2) is 5.96 Å². The third-order valence-electron chi connectivity index (χ3n) is 6.11. The quantitative estimate of drug-likeness (QED) is 0.499. The van der Waals surface area contributed by atoms with Crippen molar-refractivity contribution in [1.82, 2.24) is 15.5 Å². The predicted molar refractivity (Wildman–Crippen MR) is 124 cm³/mol. The third kappa shape index (κ3) is 6.01. The number of nitrogens with zero attached hydrogens (tertiary/aromatic N) is 3. The first-order valence-corrected chi connectivity index (χ1v) is 11.3. The van der Waals surface area contributed by atoms with Crippen molar-refractivity contribution in [2.45, 2.75) is 32.7 Å². The fraction of sp³-hybridized carbons (Fsp3) is 0.696. The van der Waals surface area contributed by atoms with E-state index in [2.05, 4.69) is 53.3 Å². The lowest BCUT2D eigenvalue weighted by Gasteiger charge is -2.39. The van der Waals surface area contributed by atoms with E-state index in [0.29, 0.717) is 5.92 Å². The van der Waals surface area contributed by atoms with Gasteiger partial charge in [0.2, 0.25) is 0 Å². The summed E-state index contributed by atoms with van der Waals surface area (Å²) >= 11 is 0. The number of aliphatic imine (C=N–C) groups is 1. The van der Waals surface area contributed by atoms with Crippen molar-refractivity contribution in [1.29, 1.82) is 0 Å². The maximum atomic E-state index is 5.54. The average molecular weight is 418 g/mol. The smallest absolute Gasteiger partial charge is 0.191 e. The molecule has 1 unspecified atom stereocenters. The Kier molecular flexibility index (Phi) is 8.22. The van der Waals surface area contributed by atoms with Crippen molar-refractivity contribution in [2.75, 3.05) is 71.0 Å². The molecule has 7 nitrogen and oxygen atoms in total. The Hall–Kier alpha value is -1.99. The molecule has 2 fully saturated rings. The number of rotatable bonds is 8. The summed E-state index contributed by atoms with van der Waals surface area (Å²) in [6.07, 6.45) is 1.17. The molecule has 2 heterocycles. The number of nitrogens with one attached hydrogen (secondary N) is 2. The molecule has 0 bridgehead atoms. The second-order valence-electron chi connectivity index (χ2n) is 8.76. The van der Waals surface area contributed by atoms with Crippen LogP contribution in [-0.2, 0) is 4.74 Å². The van der Waals surface area contributed by atoms with Crippen LogP contribution in [0.4, 0.5) is 5.69 Å². The lowest BCUT2D eigenvalue weighted by Crippen LogP contribution is -2.52. The first-order valence-electron chi connectivity index (χ1n) is 11.3. The van der Waals surface area contributed by atoms with Crippen molar-refractivity contribution in [3.8, 4) is 5.75 Å². The molecule has 0 radical (unpaired) electrons. The zero-order valence-electron chi connectivity index (χ0n) is 19.1. The van der Waals surface area contributed by atoms with Crippen LogP contribution < -0.4 is 20.3 Å². The minimum Gasteiger partial charge on any atom is -0.495 e. The molecule has 2 aliphatic heterocycles. The summed E-state index contributed by atoms with van der Waals surface area (Å²) in [4.78, 5) is 9.81. The highest BCUT2D eigenvalue weighted by atomic mass is 16.5. The largest absolute Gasteiger partial charge is 0.495 e. The molecule has 7 heteroatoms. The molecule has 30 heavy (non-hydrogen) atoms.